The molecule has 3 nitrogen and oxygen atoms in total. The Kier molecular flexibility index (Phi) is 4.02. The third-order valence-corrected chi connectivity index (χ3v) is 1.17. The fourth-order valence-electron chi connectivity index (χ4n) is 0.633. The van der Waals surface area contributed by atoms with Gasteiger partial charge in [0.05, 0.1) is 6.17 Å². The SMILES string of the molecule is CCCC(N)NC(=O)C(F)(F)F. The van der Waals surface area contributed by atoms with Crippen LogP contribution < -0.4 is 11.1 Å². The Morgan fingerprint density at radius 3 is 2.42 bits per heavy atom. The molecular formula is C6H11F3N2O. The average molecular weight is 184 g/mol. The second kappa shape index (κ2) is 4.30. The van der Waals surface area contributed by atoms with Gasteiger partial charge in [-0.1, -0.05) is 13.3 Å². The minimum absolute atomic E-state index is 0.335. The fraction of sp³-hybridized carbons (Fsp3) is 0.833. The van der Waals surface area contributed by atoms with Gasteiger partial charge in [-0.25, -0.2) is 0 Å². The summed E-state index contributed by atoms with van der Waals surface area (Å²) in [6, 6.07) is 0. The van der Waals surface area contributed by atoms with Crippen LogP contribution >= 0.6 is 0 Å². The highest BCUT2D eigenvalue weighted by Crippen LogP contribution is 2.14. The lowest BCUT2D eigenvalue weighted by atomic mass is 10.3. The van der Waals surface area contributed by atoms with E-state index < -0.39 is 18.2 Å². The van der Waals surface area contributed by atoms with E-state index in [1.54, 1.807) is 12.2 Å². The standard InChI is InChI=1S/C6H11F3N2O/c1-2-3-4(10)11-5(12)6(7,8)9/h4H,2-3,10H2,1H3,(H,11,12). The molecule has 0 fully saturated rings. The maximum Gasteiger partial charge on any atom is 0.471 e. The highest BCUT2D eigenvalue weighted by Gasteiger charge is 2.39. The number of amides is 1. The predicted molar refractivity (Wildman–Crippen MR) is 37.1 cm³/mol. The van der Waals surface area contributed by atoms with E-state index in [0.29, 0.717) is 12.8 Å². The summed E-state index contributed by atoms with van der Waals surface area (Å²) in [6.07, 6.45) is -4.80. The summed E-state index contributed by atoms with van der Waals surface area (Å²) in [7, 11) is 0. The molecule has 0 bridgehead atoms. The Morgan fingerprint density at radius 1 is 1.58 bits per heavy atom. The Balaban J connectivity index is 3.85. The molecule has 0 spiro atoms. The lowest BCUT2D eigenvalue weighted by Crippen LogP contribution is -2.47. The van der Waals surface area contributed by atoms with Crippen LogP contribution in [0.4, 0.5) is 13.2 Å². The largest absolute Gasteiger partial charge is 0.471 e. The Morgan fingerprint density at radius 2 is 2.08 bits per heavy atom. The van der Waals surface area contributed by atoms with Crippen LogP contribution in [-0.4, -0.2) is 18.2 Å². The molecule has 0 aliphatic carbocycles. The zero-order chi connectivity index (χ0) is 9.78. The van der Waals surface area contributed by atoms with Crippen LogP contribution in [0.5, 0.6) is 0 Å². The van der Waals surface area contributed by atoms with Gasteiger partial charge >= 0.3 is 12.1 Å². The number of nitrogens with one attached hydrogen (secondary N) is 1. The molecule has 6 heteroatoms. The van der Waals surface area contributed by atoms with Crippen molar-refractivity contribution in [2.75, 3.05) is 0 Å². The molecule has 0 rings (SSSR count). The highest BCUT2D eigenvalue weighted by atomic mass is 19.4. The normalized spacial score (nSPS) is 14.1. The summed E-state index contributed by atoms with van der Waals surface area (Å²) in [5.41, 5.74) is 5.15. The third-order valence-electron chi connectivity index (χ3n) is 1.17. The van der Waals surface area contributed by atoms with Crippen LogP contribution in [0.1, 0.15) is 19.8 Å². The summed E-state index contributed by atoms with van der Waals surface area (Å²) in [6.45, 7) is 1.76. The van der Waals surface area contributed by atoms with Crippen molar-refractivity contribution in [1.82, 2.24) is 5.32 Å². The molecule has 0 saturated heterocycles. The van der Waals surface area contributed by atoms with E-state index in [1.165, 1.54) is 0 Å². The number of hydrogen-bond acceptors (Lipinski definition) is 2. The molecule has 0 saturated carbocycles. The first kappa shape index (κ1) is 11.2. The van der Waals surface area contributed by atoms with E-state index in [0.717, 1.165) is 0 Å². The summed E-state index contributed by atoms with van der Waals surface area (Å²) in [5, 5.41) is 1.63. The minimum atomic E-state index is -4.84. The van der Waals surface area contributed by atoms with E-state index in [-0.39, 0.29) is 0 Å². The molecular weight excluding hydrogens is 173 g/mol. The second-order valence-corrected chi connectivity index (χ2v) is 2.37. The van der Waals surface area contributed by atoms with Gasteiger partial charge in [0.15, 0.2) is 0 Å². The van der Waals surface area contributed by atoms with Gasteiger partial charge in [0.25, 0.3) is 0 Å². The second-order valence-electron chi connectivity index (χ2n) is 2.37. The summed E-state index contributed by atoms with van der Waals surface area (Å²) in [4.78, 5) is 10.2. The predicted octanol–water partition coefficient (Wildman–Crippen LogP) is 0.750. The van der Waals surface area contributed by atoms with Crippen LogP contribution in [0, 0.1) is 0 Å². The van der Waals surface area contributed by atoms with Gasteiger partial charge in [0.1, 0.15) is 0 Å². The van der Waals surface area contributed by atoms with Gasteiger partial charge in [0, 0.05) is 0 Å². The number of alkyl halides is 3. The zero-order valence-electron chi connectivity index (χ0n) is 6.61. The van der Waals surface area contributed by atoms with E-state index >= 15 is 0 Å². The summed E-state index contributed by atoms with van der Waals surface area (Å²) < 4.78 is 34.7. The van der Waals surface area contributed by atoms with Crippen molar-refractivity contribution in [3.63, 3.8) is 0 Å². The Bertz CT molecular complexity index is 157. The molecule has 0 heterocycles. The van der Waals surface area contributed by atoms with Gasteiger partial charge < -0.3 is 11.1 Å². The van der Waals surface area contributed by atoms with E-state index in [1.807, 2.05) is 0 Å². The number of halogens is 3. The molecule has 0 aliphatic heterocycles. The molecule has 0 aliphatic rings. The number of nitrogens with two attached hydrogens (primary N) is 1. The molecule has 0 radical (unpaired) electrons. The molecule has 72 valence electrons. The maximum absolute atomic E-state index is 11.6. The van der Waals surface area contributed by atoms with Gasteiger partial charge in [-0.2, -0.15) is 13.2 Å². The Labute approximate surface area is 68.1 Å². The first-order valence-electron chi connectivity index (χ1n) is 3.51. The van der Waals surface area contributed by atoms with E-state index in [2.05, 4.69) is 0 Å². The number of rotatable bonds is 3. The molecule has 0 aromatic heterocycles. The lowest BCUT2D eigenvalue weighted by Gasteiger charge is -2.13. The van der Waals surface area contributed by atoms with Crippen LogP contribution in [0.2, 0.25) is 0 Å². The van der Waals surface area contributed by atoms with Crippen molar-refractivity contribution in [3.05, 3.63) is 0 Å². The molecule has 0 aromatic carbocycles. The average Bonchev–Trinajstić information content (AvgIpc) is 1.85. The lowest BCUT2D eigenvalue weighted by molar-refractivity contribution is -0.174. The zero-order valence-corrected chi connectivity index (χ0v) is 6.61. The Hall–Kier alpha value is -0.780. The topological polar surface area (TPSA) is 55.1 Å². The van der Waals surface area contributed by atoms with Gasteiger partial charge in [-0.05, 0) is 6.42 Å². The van der Waals surface area contributed by atoms with E-state index in [4.69, 9.17) is 5.73 Å². The van der Waals surface area contributed by atoms with Crippen LogP contribution in [0.25, 0.3) is 0 Å². The molecule has 1 unspecified atom stereocenters. The first-order valence-corrected chi connectivity index (χ1v) is 3.51. The van der Waals surface area contributed by atoms with Gasteiger partial charge in [0.2, 0.25) is 0 Å². The number of carbonyl (C=O) groups excluding carboxylic acids is 1. The van der Waals surface area contributed by atoms with Crippen LogP contribution in [0.15, 0.2) is 0 Å². The van der Waals surface area contributed by atoms with Crippen molar-refractivity contribution in [1.29, 1.82) is 0 Å². The van der Waals surface area contributed by atoms with Gasteiger partial charge in [-0.15, -0.1) is 0 Å². The monoisotopic (exact) mass is 184 g/mol. The highest BCUT2D eigenvalue weighted by molar-refractivity contribution is 5.81. The minimum Gasteiger partial charge on any atom is -0.333 e. The number of hydrogen-bond donors (Lipinski definition) is 2. The smallest absolute Gasteiger partial charge is 0.333 e. The molecule has 1 atom stereocenters. The van der Waals surface area contributed by atoms with Crippen molar-refractivity contribution < 1.29 is 18.0 Å². The quantitative estimate of drug-likeness (QED) is 0.636. The fourth-order valence-corrected chi connectivity index (χ4v) is 0.633. The summed E-state index contributed by atoms with van der Waals surface area (Å²) in [5.74, 6) is -1.98. The molecule has 1 amide bonds. The van der Waals surface area contributed by atoms with Crippen molar-refractivity contribution in [2.24, 2.45) is 5.73 Å². The van der Waals surface area contributed by atoms with Crippen LogP contribution in [-0.2, 0) is 4.79 Å². The van der Waals surface area contributed by atoms with E-state index in [9.17, 15) is 18.0 Å². The summed E-state index contributed by atoms with van der Waals surface area (Å²) >= 11 is 0. The maximum atomic E-state index is 11.6. The van der Waals surface area contributed by atoms with Crippen molar-refractivity contribution in [2.45, 2.75) is 32.1 Å². The number of carbonyl (C=O) groups is 1. The van der Waals surface area contributed by atoms with Crippen LogP contribution in [0.3, 0.4) is 0 Å². The molecule has 12 heavy (non-hydrogen) atoms. The first-order chi connectivity index (χ1) is 5.38. The molecule has 0 aromatic rings. The van der Waals surface area contributed by atoms with Crippen molar-refractivity contribution in [3.8, 4) is 0 Å². The van der Waals surface area contributed by atoms with Crippen molar-refractivity contribution >= 4 is 5.91 Å². The van der Waals surface area contributed by atoms with Gasteiger partial charge in [-0.3, -0.25) is 4.79 Å². The molecule has 3 N–H and O–H groups in total. The third kappa shape index (κ3) is 4.17.